The Balaban J connectivity index is 0.00000213. The molecule has 0 aliphatic carbocycles. The Hall–Kier alpha value is -4.79. The molecule has 10 nitrogen and oxygen atoms in total. The molecule has 1 amide bonds. The lowest BCUT2D eigenvalue weighted by Gasteiger charge is -2.41. The van der Waals surface area contributed by atoms with Crippen LogP contribution in [0, 0.1) is 32.4 Å². The van der Waals surface area contributed by atoms with E-state index in [-0.39, 0.29) is 47.2 Å². The van der Waals surface area contributed by atoms with E-state index >= 15 is 4.39 Å². The number of hydrogen-bond donors (Lipinski definition) is 3. The highest BCUT2D eigenvalue weighted by molar-refractivity contribution is 6.02. The smallest absolute Gasteiger partial charge is 0.472 e. The summed E-state index contributed by atoms with van der Waals surface area (Å²) in [4.78, 5) is 28.4. The maximum Gasteiger partial charge on any atom is 0.573 e. The van der Waals surface area contributed by atoms with Gasteiger partial charge in [0.05, 0.1) is 28.9 Å². The van der Waals surface area contributed by atoms with Crippen LogP contribution in [0.25, 0.3) is 22.0 Å². The van der Waals surface area contributed by atoms with Gasteiger partial charge in [0.15, 0.2) is 17.4 Å². The van der Waals surface area contributed by atoms with E-state index in [1.54, 1.807) is 39.1 Å². The maximum absolute atomic E-state index is 16.6. The first-order chi connectivity index (χ1) is 22.2. The molecule has 47 heavy (non-hydrogen) atoms. The van der Waals surface area contributed by atoms with Crippen molar-refractivity contribution in [1.29, 1.82) is 0 Å². The topological polar surface area (TPSA) is 128 Å². The molecule has 2 aliphatic heterocycles. The Kier molecular flexibility index (Phi) is 9.13. The molecule has 0 radical (unpaired) electrons. The number of fused-ring (bicyclic) bond motifs is 2. The predicted octanol–water partition coefficient (Wildman–Crippen LogP) is 5.97. The molecule has 3 atom stereocenters. The lowest BCUT2D eigenvalue weighted by molar-refractivity contribution is -0.275. The summed E-state index contributed by atoms with van der Waals surface area (Å²) in [6.45, 7) is 11.2. The SMILES string of the molecule is CC.Cc1ccc(NC(=O)C2CN3c4nc(C)c(C)c5c(F)c(-c6cc(N)cc(F)c6OC(F)(F)F)nc(c45)OC(C)C3CN2)cn1. The number of carbonyl (C=O) groups excluding carboxylic acids is 1. The quantitative estimate of drug-likeness (QED) is 0.179. The molecule has 0 bridgehead atoms. The van der Waals surface area contributed by atoms with Crippen LogP contribution in [-0.4, -0.2) is 58.5 Å². The van der Waals surface area contributed by atoms with E-state index < -0.39 is 53.2 Å². The monoisotopic (exact) mass is 659 g/mol. The van der Waals surface area contributed by atoms with Crippen molar-refractivity contribution in [2.45, 2.75) is 66.1 Å². The second kappa shape index (κ2) is 12.8. The van der Waals surface area contributed by atoms with Gasteiger partial charge in [-0.25, -0.2) is 18.7 Å². The lowest BCUT2D eigenvalue weighted by Crippen LogP contribution is -2.63. The number of nitrogen functional groups attached to an aromatic ring is 1. The van der Waals surface area contributed by atoms with Crippen molar-refractivity contribution in [3.8, 4) is 22.9 Å². The summed E-state index contributed by atoms with van der Waals surface area (Å²) in [5.74, 6) is -3.92. The van der Waals surface area contributed by atoms with Gasteiger partial charge in [0.1, 0.15) is 23.7 Å². The van der Waals surface area contributed by atoms with E-state index in [1.165, 1.54) is 0 Å². The third-order valence-electron chi connectivity index (χ3n) is 8.02. The summed E-state index contributed by atoms with van der Waals surface area (Å²) in [6.07, 6.45) is -4.35. The van der Waals surface area contributed by atoms with Gasteiger partial charge in [-0.15, -0.1) is 13.2 Å². The van der Waals surface area contributed by atoms with Gasteiger partial charge in [-0.05, 0) is 51.5 Å². The van der Waals surface area contributed by atoms with Gasteiger partial charge < -0.3 is 30.7 Å². The molecule has 3 unspecified atom stereocenters. The lowest BCUT2D eigenvalue weighted by atomic mass is 9.99. The van der Waals surface area contributed by atoms with Gasteiger partial charge in [-0.1, -0.05) is 13.8 Å². The number of pyridine rings is 3. The van der Waals surface area contributed by atoms with E-state index in [2.05, 4.69) is 25.3 Å². The number of nitrogens with one attached hydrogen (secondary N) is 2. The van der Waals surface area contributed by atoms with Crippen LogP contribution in [-0.2, 0) is 4.79 Å². The highest BCUT2D eigenvalue weighted by Crippen LogP contribution is 2.46. The van der Waals surface area contributed by atoms with Crippen LogP contribution < -0.4 is 30.7 Å². The molecule has 5 heterocycles. The molecule has 2 aliphatic rings. The molecule has 250 valence electrons. The summed E-state index contributed by atoms with van der Waals surface area (Å²) in [5, 5.41) is 6.21. The number of ether oxygens (including phenoxy) is 2. The summed E-state index contributed by atoms with van der Waals surface area (Å²) >= 11 is 0. The molecule has 15 heteroatoms. The number of benzene rings is 1. The van der Waals surface area contributed by atoms with Gasteiger partial charge >= 0.3 is 6.36 Å². The van der Waals surface area contributed by atoms with Crippen molar-refractivity contribution in [2.24, 2.45) is 0 Å². The number of nitrogens with two attached hydrogens (primary N) is 1. The molecular formula is C32H34F5N7O3. The van der Waals surface area contributed by atoms with Crippen molar-refractivity contribution in [3.63, 3.8) is 0 Å². The molecule has 1 fully saturated rings. The first-order valence-electron chi connectivity index (χ1n) is 15.0. The number of amides is 1. The van der Waals surface area contributed by atoms with Crippen LogP contribution in [0.15, 0.2) is 30.5 Å². The Labute approximate surface area is 267 Å². The molecule has 6 rings (SSSR count). The predicted molar refractivity (Wildman–Crippen MR) is 167 cm³/mol. The van der Waals surface area contributed by atoms with Crippen molar-refractivity contribution in [3.05, 3.63) is 59.0 Å². The average Bonchev–Trinajstić information content (AvgIpc) is 3.13. The van der Waals surface area contributed by atoms with Crippen LogP contribution in [0.5, 0.6) is 11.6 Å². The van der Waals surface area contributed by atoms with Crippen molar-refractivity contribution >= 4 is 33.9 Å². The maximum atomic E-state index is 16.6. The molecule has 1 saturated heterocycles. The van der Waals surface area contributed by atoms with Crippen LogP contribution in [0.3, 0.4) is 0 Å². The highest BCUT2D eigenvalue weighted by atomic mass is 19.4. The van der Waals surface area contributed by atoms with Gasteiger partial charge in [-0.3, -0.25) is 9.78 Å². The van der Waals surface area contributed by atoms with Crippen molar-refractivity contribution in [1.82, 2.24) is 20.3 Å². The van der Waals surface area contributed by atoms with Crippen LogP contribution in [0.2, 0.25) is 0 Å². The fourth-order valence-electron chi connectivity index (χ4n) is 5.70. The summed E-state index contributed by atoms with van der Waals surface area (Å²) in [5.41, 5.74) is 6.30. The number of alkyl halides is 3. The number of nitrogens with zero attached hydrogens (tertiary/aromatic N) is 4. The van der Waals surface area contributed by atoms with Crippen LogP contribution in [0.1, 0.15) is 37.7 Å². The number of aryl methyl sites for hydroxylation is 3. The molecule has 1 aromatic carbocycles. The number of carbonyl (C=O) groups is 1. The average molecular weight is 660 g/mol. The number of aromatic nitrogens is 3. The zero-order valence-corrected chi connectivity index (χ0v) is 26.5. The molecule has 4 N–H and O–H groups in total. The number of piperazine rings is 1. The Morgan fingerprint density at radius 3 is 2.51 bits per heavy atom. The van der Waals surface area contributed by atoms with Crippen molar-refractivity contribution < 1.29 is 36.2 Å². The zero-order chi connectivity index (χ0) is 34.4. The number of halogens is 5. The molecule has 4 aromatic rings. The first kappa shape index (κ1) is 33.6. The molecule has 0 saturated carbocycles. The molecule has 3 aromatic heterocycles. The van der Waals surface area contributed by atoms with Gasteiger partial charge in [0.2, 0.25) is 11.8 Å². The summed E-state index contributed by atoms with van der Waals surface area (Å²) < 4.78 is 81.4. The normalized spacial score (nSPS) is 18.8. The van der Waals surface area contributed by atoms with Gasteiger partial charge in [0.25, 0.3) is 0 Å². The van der Waals surface area contributed by atoms with E-state index in [0.717, 1.165) is 11.8 Å². The molecule has 0 spiro atoms. The Morgan fingerprint density at radius 1 is 1.13 bits per heavy atom. The summed E-state index contributed by atoms with van der Waals surface area (Å²) in [7, 11) is 0. The van der Waals surface area contributed by atoms with Crippen LogP contribution >= 0.6 is 0 Å². The largest absolute Gasteiger partial charge is 0.573 e. The highest BCUT2D eigenvalue weighted by Gasteiger charge is 2.41. The third kappa shape index (κ3) is 6.44. The van der Waals surface area contributed by atoms with Crippen LogP contribution in [0.4, 0.5) is 39.1 Å². The number of anilines is 3. The van der Waals surface area contributed by atoms with Crippen molar-refractivity contribution in [2.75, 3.05) is 29.0 Å². The first-order valence-corrected chi connectivity index (χ1v) is 15.0. The fourth-order valence-corrected chi connectivity index (χ4v) is 5.70. The number of hydrogen-bond acceptors (Lipinski definition) is 9. The second-order valence-electron chi connectivity index (χ2n) is 11.1. The number of rotatable bonds is 4. The minimum absolute atomic E-state index is 0.0311. The Morgan fingerprint density at radius 2 is 1.85 bits per heavy atom. The minimum Gasteiger partial charge on any atom is -0.472 e. The van der Waals surface area contributed by atoms with E-state index in [4.69, 9.17) is 15.5 Å². The van der Waals surface area contributed by atoms with E-state index in [9.17, 15) is 22.4 Å². The Bertz CT molecular complexity index is 1840. The third-order valence-corrected chi connectivity index (χ3v) is 8.02. The summed E-state index contributed by atoms with van der Waals surface area (Å²) in [6, 6.07) is 4.00. The van der Waals surface area contributed by atoms with E-state index in [1.807, 2.05) is 25.7 Å². The second-order valence-corrected chi connectivity index (χ2v) is 11.1. The molecular weight excluding hydrogens is 625 g/mol. The van der Waals surface area contributed by atoms with E-state index in [0.29, 0.717) is 23.0 Å². The minimum atomic E-state index is -5.28. The van der Waals surface area contributed by atoms with Gasteiger partial charge in [-0.2, -0.15) is 0 Å². The zero-order valence-electron chi connectivity index (χ0n) is 26.5. The van der Waals surface area contributed by atoms with Gasteiger partial charge in [0, 0.05) is 41.6 Å². The standard InChI is InChI=1S/C30H28F5N7O3.C2H6/c1-12-5-6-17(9-37-12)40-28(43)20-11-42-21(10-38-20)15(4)44-29-23-22(13(2)14(3)39-27(23)42)24(32)25(41-29)18-7-16(36)8-19(31)26(18)45-30(33,34)35;1-2/h5-9,15,20-21,38H,10-11,36H2,1-4H3,(H,40,43);1-2H3. The fraction of sp³-hybridized carbons (Fsp3) is 0.375.